The smallest absolute Gasteiger partial charge is 0.258 e. The van der Waals surface area contributed by atoms with Crippen molar-refractivity contribution >= 4 is 55.0 Å². The largest absolute Gasteiger partial charge is 0.378 e. The maximum atomic E-state index is 15.4. The number of carbonyl (C=O) groups is 1. The Bertz CT molecular complexity index is 1760. The van der Waals surface area contributed by atoms with Crippen molar-refractivity contribution in [1.82, 2.24) is 24.9 Å². The van der Waals surface area contributed by atoms with E-state index in [1.807, 2.05) is 39.8 Å². The summed E-state index contributed by atoms with van der Waals surface area (Å²) in [6, 6.07) is 8.95. The zero-order chi connectivity index (χ0) is 27.2. The number of amidine groups is 1. The number of thiazole rings is 1. The van der Waals surface area contributed by atoms with E-state index in [0.717, 1.165) is 35.6 Å². The molecular weight excluding hydrogens is 533 g/mol. The third kappa shape index (κ3) is 4.27. The summed E-state index contributed by atoms with van der Waals surface area (Å²) in [5, 5.41) is 6.35. The first-order chi connectivity index (χ1) is 19.6. The van der Waals surface area contributed by atoms with Crippen LogP contribution in [0.4, 0.5) is 10.2 Å². The molecule has 3 aliphatic rings. The van der Waals surface area contributed by atoms with Crippen molar-refractivity contribution in [3.63, 3.8) is 0 Å². The molecule has 206 valence electrons. The molecule has 1 fully saturated rings. The van der Waals surface area contributed by atoms with Gasteiger partial charge < -0.3 is 25.2 Å². The number of rotatable bonds is 6. The molecule has 2 N–H and O–H groups in total. The first-order valence-electron chi connectivity index (χ1n) is 13.5. The van der Waals surface area contributed by atoms with Crippen LogP contribution in [0.3, 0.4) is 0 Å². The Morgan fingerprint density at radius 3 is 2.92 bits per heavy atom. The van der Waals surface area contributed by atoms with Crippen LogP contribution in [-0.4, -0.2) is 84.6 Å². The molecule has 0 saturated carbocycles. The van der Waals surface area contributed by atoms with Gasteiger partial charge in [-0.25, -0.2) is 9.37 Å². The van der Waals surface area contributed by atoms with E-state index in [1.165, 1.54) is 17.4 Å². The van der Waals surface area contributed by atoms with Crippen molar-refractivity contribution in [2.24, 2.45) is 4.99 Å². The van der Waals surface area contributed by atoms with E-state index in [4.69, 9.17) is 4.74 Å². The molecule has 7 rings (SSSR count). The van der Waals surface area contributed by atoms with Gasteiger partial charge in [-0.3, -0.25) is 19.0 Å². The second kappa shape index (κ2) is 10.2. The molecule has 0 aliphatic carbocycles. The predicted molar refractivity (Wildman–Crippen MR) is 154 cm³/mol. The Hall–Kier alpha value is -4.03. The zero-order valence-electron chi connectivity index (χ0n) is 21.7. The van der Waals surface area contributed by atoms with Gasteiger partial charge in [0.05, 0.1) is 41.9 Å². The van der Waals surface area contributed by atoms with Crippen molar-refractivity contribution in [2.45, 2.75) is 12.5 Å². The Labute approximate surface area is 232 Å². The number of fused-ring (bicyclic) bond motifs is 5. The Morgan fingerprint density at radius 2 is 2.10 bits per heavy atom. The molecule has 3 aromatic heterocycles. The van der Waals surface area contributed by atoms with Crippen molar-refractivity contribution in [2.75, 3.05) is 57.4 Å². The number of anilines is 1. The van der Waals surface area contributed by atoms with Crippen molar-refractivity contribution in [3.05, 3.63) is 64.2 Å². The molecule has 1 amide bonds. The number of pyridine rings is 2. The molecule has 10 nitrogen and oxygen atoms in total. The number of hydrogen-bond donors (Lipinski definition) is 2. The van der Waals surface area contributed by atoms with Crippen LogP contribution in [0.15, 0.2) is 52.4 Å². The average Bonchev–Trinajstić information content (AvgIpc) is 3.73. The van der Waals surface area contributed by atoms with Crippen LogP contribution in [-0.2, 0) is 4.74 Å². The number of aliphatic imine (C=N–C) groups is 1. The molecule has 1 saturated heterocycles. The SMILES string of the molecule is O=C(NCC1CC=CN1CC1=NCCN1)c1c(=O)c2cc(F)c(N3CCOCC3)nc2n2c1sc1ccccc12. The highest BCUT2D eigenvalue weighted by atomic mass is 32.1. The molecule has 1 atom stereocenters. The van der Waals surface area contributed by atoms with Crippen LogP contribution in [0.2, 0.25) is 0 Å². The number of halogens is 1. The van der Waals surface area contributed by atoms with E-state index in [-0.39, 0.29) is 22.8 Å². The number of hydrogen-bond acceptors (Lipinski definition) is 9. The topological polar surface area (TPSA) is 104 Å². The van der Waals surface area contributed by atoms with Gasteiger partial charge in [0.25, 0.3) is 5.91 Å². The molecule has 4 aromatic rings. The Kier molecular flexibility index (Phi) is 6.35. The van der Waals surface area contributed by atoms with Crippen molar-refractivity contribution < 1.29 is 13.9 Å². The number of amides is 1. The molecule has 1 unspecified atom stereocenters. The van der Waals surface area contributed by atoms with Crippen LogP contribution >= 0.6 is 11.3 Å². The lowest BCUT2D eigenvalue weighted by molar-refractivity contribution is 0.0945. The second-order valence-electron chi connectivity index (χ2n) is 10.1. The maximum absolute atomic E-state index is 15.4. The van der Waals surface area contributed by atoms with Crippen LogP contribution < -0.4 is 21.0 Å². The summed E-state index contributed by atoms with van der Waals surface area (Å²) in [5.41, 5.74) is 0.635. The van der Waals surface area contributed by atoms with E-state index in [2.05, 4.69) is 31.6 Å². The van der Waals surface area contributed by atoms with Crippen LogP contribution in [0.1, 0.15) is 16.8 Å². The van der Waals surface area contributed by atoms with E-state index >= 15 is 4.39 Å². The molecule has 0 radical (unpaired) electrons. The first-order valence-corrected chi connectivity index (χ1v) is 14.3. The number of para-hydroxylation sites is 1. The van der Waals surface area contributed by atoms with Gasteiger partial charge in [0, 0.05) is 32.2 Å². The molecule has 12 heteroatoms. The van der Waals surface area contributed by atoms with Crippen molar-refractivity contribution in [3.8, 4) is 0 Å². The summed E-state index contributed by atoms with van der Waals surface area (Å²) in [7, 11) is 0. The predicted octanol–water partition coefficient (Wildman–Crippen LogP) is 2.36. The fraction of sp³-hybridized carbons (Fsp3) is 0.357. The van der Waals surface area contributed by atoms with E-state index in [1.54, 1.807) is 0 Å². The quantitative estimate of drug-likeness (QED) is 0.373. The van der Waals surface area contributed by atoms with Gasteiger partial charge in [-0.05, 0) is 30.8 Å². The zero-order valence-corrected chi connectivity index (χ0v) is 22.5. The minimum absolute atomic E-state index is 0.00774. The van der Waals surface area contributed by atoms with Gasteiger partial charge in [0.1, 0.15) is 16.2 Å². The van der Waals surface area contributed by atoms with E-state index in [9.17, 15) is 9.59 Å². The summed E-state index contributed by atoms with van der Waals surface area (Å²) in [5.74, 6) is 0.0607. The normalized spacial score (nSPS) is 19.1. The van der Waals surface area contributed by atoms with Gasteiger partial charge in [0.15, 0.2) is 17.3 Å². The van der Waals surface area contributed by atoms with Crippen LogP contribution in [0, 0.1) is 5.82 Å². The van der Waals surface area contributed by atoms with Gasteiger partial charge in [-0.15, -0.1) is 11.3 Å². The summed E-state index contributed by atoms with van der Waals surface area (Å²) >= 11 is 1.36. The Balaban J connectivity index is 1.28. The lowest BCUT2D eigenvalue weighted by Gasteiger charge is -2.28. The number of ether oxygens (including phenoxy) is 1. The highest BCUT2D eigenvalue weighted by Crippen LogP contribution is 2.32. The molecular formula is C28H28FN7O3S. The number of nitrogens with one attached hydrogen (secondary N) is 2. The molecule has 1 aromatic carbocycles. The molecule has 40 heavy (non-hydrogen) atoms. The number of morpholine rings is 1. The lowest BCUT2D eigenvalue weighted by atomic mass is 10.1. The van der Waals surface area contributed by atoms with Crippen LogP contribution in [0.25, 0.3) is 26.1 Å². The number of nitrogens with zero attached hydrogens (tertiary/aromatic N) is 5. The van der Waals surface area contributed by atoms with E-state index in [0.29, 0.717) is 49.9 Å². The summed E-state index contributed by atoms with van der Waals surface area (Å²) in [4.78, 5) is 41.1. The highest BCUT2D eigenvalue weighted by Gasteiger charge is 2.27. The second-order valence-corrected chi connectivity index (χ2v) is 11.1. The molecule has 3 aliphatic heterocycles. The Morgan fingerprint density at radius 1 is 1.25 bits per heavy atom. The van der Waals surface area contributed by atoms with Crippen LogP contribution in [0.5, 0.6) is 0 Å². The third-order valence-electron chi connectivity index (χ3n) is 7.64. The average molecular weight is 562 g/mol. The minimum Gasteiger partial charge on any atom is -0.378 e. The van der Waals surface area contributed by atoms with Gasteiger partial charge in [0.2, 0.25) is 5.43 Å². The number of aromatic nitrogens is 2. The third-order valence-corrected chi connectivity index (χ3v) is 8.78. The number of carbonyl (C=O) groups excluding carboxylic acids is 1. The fourth-order valence-corrected chi connectivity index (χ4v) is 6.80. The van der Waals surface area contributed by atoms with E-state index < -0.39 is 17.2 Å². The van der Waals surface area contributed by atoms with Gasteiger partial charge >= 0.3 is 0 Å². The standard InChI is InChI=1S/C28H28FN7O3S/c29-19-14-18-24(37)23(27(38)32-15-17-4-3-9-35(17)16-22-30-7-8-31-22)28-36(20-5-1-2-6-21(20)40-28)25(18)33-26(19)34-10-12-39-13-11-34/h1-3,5-6,9,14,17H,4,7-8,10-13,15-16H2,(H,30,31)(H,32,38). The summed E-state index contributed by atoms with van der Waals surface area (Å²) in [6.07, 6.45) is 4.87. The highest BCUT2D eigenvalue weighted by molar-refractivity contribution is 7.24. The van der Waals surface area contributed by atoms with Gasteiger partial charge in [-0.1, -0.05) is 18.2 Å². The summed E-state index contributed by atoms with van der Waals surface area (Å²) < 4.78 is 23.5. The molecule has 0 spiro atoms. The fourth-order valence-electron chi connectivity index (χ4n) is 5.61. The summed E-state index contributed by atoms with van der Waals surface area (Å²) in [6.45, 7) is 4.59. The molecule has 0 bridgehead atoms. The maximum Gasteiger partial charge on any atom is 0.258 e. The monoisotopic (exact) mass is 561 g/mol. The van der Waals surface area contributed by atoms with Crippen molar-refractivity contribution in [1.29, 1.82) is 0 Å². The first kappa shape index (κ1) is 25.0. The molecule has 6 heterocycles. The lowest BCUT2D eigenvalue weighted by Crippen LogP contribution is -2.43. The number of benzene rings is 1. The van der Waals surface area contributed by atoms with Gasteiger partial charge in [-0.2, -0.15) is 0 Å². The minimum atomic E-state index is -0.589.